The maximum absolute atomic E-state index is 12.7. The Morgan fingerprint density at radius 2 is 1.33 bits per heavy atom. The van der Waals surface area contributed by atoms with E-state index in [4.69, 9.17) is 28.0 Å². The van der Waals surface area contributed by atoms with Crippen LogP contribution in [-0.4, -0.2) is 82.9 Å². The molecule has 0 aliphatic heterocycles. The van der Waals surface area contributed by atoms with Gasteiger partial charge in [0, 0.05) is 24.5 Å². The molecule has 14 nitrogen and oxygen atoms in total. The number of nitrogens with one attached hydrogen (secondary N) is 3. The van der Waals surface area contributed by atoms with Gasteiger partial charge < -0.3 is 44.0 Å². The zero-order valence-electron chi connectivity index (χ0n) is 17.9. The Hall–Kier alpha value is -2.72. The van der Waals surface area contributed by atoms with Crippen LogP contribution in [0, 0.1) is 0 Å². The quantitative estimate of drug-likeness (QED) is 0.0421. The summed E-state index contributed by atoms with van der Waals surface area (Å²) in [6.45, 7) is 0.261. The molecule has 0 rings (SSSR count). The van der Waals surface area contributed by atoms with E-state index in [0.29, 0.717) is 6.42 Å². The van der Waals surface area contributed by atoms with E-state index in [1.54, 1.807) is 0 Å². The monoisotopic (exact) mass is 508 g/mol. The number of thiol groups is 2. The summed E-state index contributed by atoms with van der Waals surface area (Å²) >= 11 is 7.85. The van der Waals surface area contributed by atoms with E-state index in [1.807, 2.05) is 0 Å². The number of guanidine groups is 1. The molecule has 0 saturated carbocycles. The zero-order chi connectivity index (χ0) is 25.6. The number of carbonyl (C=O) groups excluding carboxylic acids is 4. The van der Waals surface area contributed by atoms with Crippen molar-refractivity contribution in [1.29, 1.82) is 0 Å². The molecule has 0 heterocycles. The summed E-state index contributed by atoms with van der Waals surface area (Å²) in [4.78, 5) is 63.4. The van der Waals surface area contributed by atoms with Crippen molar-refractivity contribution in [1.82, 2.24) is 16.0 Å². The first-order valence-electron chi connectivity index (χ1n) is 9.87. The lowest BCUT2D eigenvalue weighted by Gasteiger charge is -2.24. The van der Waals surface area contributed by atoms with Gasteiger partial charge in [0.1, 0.15) is 18.1 Å². The molecule has 4 unspecified atom stereocenters. The summed E-state index contributed by atoms with van der Waals surface area (Å²) in [5, 5.41) is 16.0. The molecular weight excluding hydrogens is 476 g/mol. The highest BCUT2D eigenvalue weighted by Crippen LogP contribution is 2.03. The van der Waals surface area contributed by atoms with E-state index < -0.39 is 53.8 Å². The van der Waals surface area contributed by atoms with E-state index in [9.17, 15) is 24.0 Å². The van der Waals surface area contributed by atoms with Crippen molar-refractivity contribution in [3.8, 4) is 0 Å². The fraction of sp³-hybridized carbons (Fsp3) is 0.647. The fourth-order valence-corrected chi connectivity index (χ4v) is 2.91. The molecule has 0 saturated heterocycles. The molecule has 4 atom stereocenters. The number of aliphatic carboxylic acids is 1. The molecule has 0 aliphatic carbocycles. The minimum atomic E-state index is -1.30. The molecule has 0 fully saturated rings. The largest absolute Gasteiger partial charge is 0.480 e. The highest BCUT2D eigenvalue weighted by atomic mass is 32.1. The van der Waals surface area contributed by atoms with E-state index >= 15 is 0 Å². The topological polar surface area (TPSA) is 258 Å². The molecule has 188 valence electrons. The maximum Gasteiger partial charge on any atom is 0.327 e. The van der Waals surface area contributed by atoms with Gasteiger partial charge in [-0.3, -0.25) is 24.2 Å². The first kappa shape index (κ1) is 30.3. The van der Waals surface area contributed by atoms with Crippen molar-refractivity contribution in [2.24, 2.45) is 27.9 Å². The van der Waals surface area contributed by atoms with E-state index in [0.717, 1.165) is 0 Å². The Bertz CT molecular complexity index is 734. The summed E-state index contributed by atoms with van der Waals surface area (Å²) in [6, 6.07) is -4.71. The van der Waals surface area contributed by atoms with Crippen LogP contribution < -0.4 is 38.9 Å². The Labute approximate surface area is 201 Å². The summed E-state index contributed by atoms with van der Waals surface area (Å²) in [6.07, 6.45) is 0.247. The Balaban J connectivity index is 5.15. The minimum Gasteiger partial charge on any atom is -0.480 e. The summed E-state index contributed by atoms with van der Waals surface area (Å²) < 4.78 is 0. The van der Waals surface area contributed by atoms with Gasteiger partial charge in [0.2, 0.25) is 23.6 Å². The van der Waals surface area contributed by atoms with Gasteiger partial charge >= 0.3 is 5.97 Å². The number of amides is 4. The molecule has 0 radical (unpaired) electrons. The van der Waals surface area contributed by atoms with Crippen LogP contribution in [0.1, 0.15) is 25.7 Å². The molecule has 16 heteroatoms. The molecule has 0 aliphatic rings. The normalized spacial score (nSPS) is 14.2. The zero-order valence-corrected chi connectivity index (χ0v) is 19.7. The number of nitrogens with two attached hydrogens (primary N) is 4. The Morgan fingerprint density at radius 3 is 1.82 bits per heavy atom. The first-order valence-corrected chi connectivity index (χ1v) is 11.1. The predicted octanol–water partition coefficient (Wildman–Crippen LogP) is -3.97. The SMILES string of the molecule is NC(=O)CCC(NC(=O)C(N)CCCN=C(N)N)C(=O)NC(CS)C(=O)NC(CS)C(=O)O. The van der Waals surface area contributed by atoms with Crippen molar-refractivity contribution in [3.63, 3.8) is 0 Å². The third-order valence-electron chi connectivity index (χ3n) is 4.23. The lowest BCUT2D eigenvalue weighted by molar-refractivity contribution is -0.141. The Kier molecular flexibility index (Phi) is 14.7. The third kappa shape index (κ3) is 12.8. The number of aliphatic imine (C=N–C) groups is 1. The summed E-state index contributed by atoms with van der Waals surface area (Å²) in [5.41, 5.74) is 21.4. The van der Waals surface area contributed by atoms with Gasteiger partial charge in [0.05, 0.1) is 6.04 Å². The van der Waals surface area contributed by atoms with Gasteiger partial charge in [-0.2, -0.15) is 25.3 Å². The smallest absolute Gasteiger partial charge is 0.327 e. The molecule has 0 bridgehead atoms. The highest BCUT2D eigenvalue weighted by Gasteiger charge is 2.29. The molecule has 0 spiro atoms. The van der Waals surface area contributed by atoms with Gasteiger partial charge in [0.25, 0.3) is 0 Å². The van der Waals surface area contributed by atoms with Gasteiger partial charge in [0.15, 0.2) is 5.96 Å². The molecule has 12 N–H and O–H groups in total. The lowest BCUT2D eigenvalue weighted by Crippen LogP contribution is -2.58. The van der Waals surface area contributed by atoms with Crippen LogP contribution in [0.3, 0.4) is 0 Å². The van der Waals surface area contributed by atoms with Crippen molar-refractivity contribution in [3.05, 3.63) is 0 Å². The second kappa shape index (κ2) is 16.0. The second-order valence-corrected chi connectivity index (χ2v) is 7.68. The van der Waals surface area contributed by atoms with Crippen molar-refractivity contribution in [2.75, 3.05) is 18.1 Å². The first-order chi connectivity index (χ1) is 15.4. The number of carboxylic acids is 1. The van der Waals surface area contributed by atoms with Crippen LogP contribution >= 0.6 is 25.3 Å². The molecular formula is C17H32N8O6S2. The molecule has 4 amide bonds. The number of primary amides is 1. The van der Waals surface area contributed by atoms with Crippen LogP contribution in [0.4, 0.5) is 0 Å². The average Bonchev–Trinajstić information content (AvgIpc) is 2.74. The molecule has 0 aromatic rings. The minimum absolute atomic E-state index is 0.0944. The van der Waals surface area contributed by atoms with Crippen LogP contribution in [0.15, 0.2) is 4.99 Å². The van der Waals surface area contributed by atoms with E-state index in [2.05, 4.69) is 46.2 Å². The summed E-state index contributed by atoms with van der Waals surface area (Å²) in [7, 11) is 0. The maximum atomic E-state index is 12.7. The van der Waals surface area contributed by atoms with Gasteiger partial charge in [-0.25, -0.2) is 4.79 Å². The number of nitrogens with zero attached hydrogens (tertiary/aromatic N) is 1. The number of rotatable bonds is 16. The number of carboxylic acid groups (broad SMARTS) is 1. The Morgan fingerprint density at radius 1 is 0.818 bits per heavy atom. The van der Waals surface area contributed by atoms with Crippen molar-refractivity contribution >= 4 is 60.8 Å². The van der Waals surface area contributed by atoms with Crippen LogP contribution in [0.25, 0.3) is 0 Å². The fourth-order valence-electron chi connectivity index (χ4n) is 2.41. The van der Waals surface area contributed by atoms with E-state index in [1.165, 1.54) is 0 Å². The number of hydrogen-bond acceptors (Lipinski definition) is 9. The molecule has 33 heavy (non-hydrogen) atoms. The van der Waals surface area contributed by atoms with Crippen molar-refractivity contribution in [2.45, 2.75) is 49.9 Å². The highest BCUT2D eigenvalue weighted by molar-refractivity contribution is 7.80. The molecule has 0 aromatic heterocycles. The standard InChI is InChI=1S/C17H32N8O6S2/c18-8(2-1-5-22-17(20)21)13(27)23-9(3-4-12(19)26)14(28)24-10(6-32)15(29)25-11(7-33)16(30)31/h8-11,32-33H,1-7,18H2,(H2,19,26)(H,23,27)(H,24,28)(H,25,29)(H,30,31)(H4,20,21,22). The number of carbonyl (C=O) groups is 5. The average molecular weight is 509 g/mol. The third-order valence-corrected chi connectivity index (χ3v) is 4.96. The van der Waals surface area contributed by atoms with Crippen LogP contribution in [0.5, 0.6) is 0 Å². The number of hydrogen-bond donors (Lipinski definition) is 10. The summed E-state index contributed by atoms with van der Waals surface area (Å²) in [5.74, 6) is -4.72. The predicted molar refractivity (Wildman–Crippen MR) is 127 cm³/mol. The van der Waals surface area contributed by atoms with Gasteiger partial charge in [-0.05, 0) is 19.3 Å². The van der Waals surface area contributed by atoms with Crippen LogP contribution in [0.2, 0.25) is 0 Å². The lowest BCUT2D eigenvalue weighted by atomic mass is 10.1. The molecule has 0 aromatic carbocycles. The van der Waals surface area contributed by atoms with Crippen molar-refractivity contribution < 1.29 is 29.1 Å². The second-order valence-electron chi connectivity index (χ2n) is 6.95. The van der Waals surface area contributed by atoms with Gasteiger partial charge in [-0.15, -0.1) is 0 Å². The van der Waals surface area contributed by atoms with Crippen LogP contribution in [-0.2, 0) is 24.0 Å². The van der Waals surface area contributed by atoms with E-state index in [-0.39, 0.29) is 43.3 Å². The van der Waals surface area contributed by atoms with Gasteiger partial charge in [-0.1, -0.05) is 0 Å².